The van der Waals surface area contributed by atoms with Crippen molar-refractivity contribution in [3.63, 3.8) is 0 Å². The van der Waals surface area contributed by atoms with E-state index in [-0.39, 0.29) is 18.5 Å². The Kier molecular flexibility index (Phi) is 3.95. The first-order valence-corrected chi connectivity index (χ1v) is 5.88. The summed E-state index contributed by atoms with van der Waals surface area (Å²) in [6.45, 7) is 2.15. The summed E-state index contributed by atoms with van der Waals surface area (Å²) in [5.74, 6) is 0.465. The molecule has 0 saturated carbocycles. The van der Waals surface area contributed by atoms with Gasteiger partial charge in [0.1, 0.15) is 18.2 Å². The molecule has 18 heavy (non-hydrogen) atoms. The van der Waals surface area contributed by atoms with Gasteiger partial charge in [-0.1, -0.05) is 30.3 Å². The van der Waals surface area contributed by atoms with Crippen LogP contribution in [0.15, 0.2) is 48.5 Å². The average Bonchev–Trinajstić information content (AvgIpc) is 2.38. The summed E-state index contributed by atoms with van der Waals surface area (Å²) >= 11 is 0. The fourth-order valence-corrected chi connectivity index (χ4v) is 1.64. The predicted molar refractivity (Wildman–Crippen MR) is 69.8 cm³/mol. The quantitative estimate of drug-likeness (QED) is 0.895. The van der Waals surface area contributed by atoms with Crippen molar-refractivity contribution in [3.8, 4) is 5.75 Å². The molecule has 0 fully saturated rings. The molecule has 0 aliphatic carbocycles. The molecule has 0 aliphatic rings. The molecule has 0 bridgehead atoms. The zero-order valence-corrected chi connectivity index (χ0v) is 10.3. The zero-order valence-electron chi connectivity index (χ0n) is 10.3. The predicted octanol–water partition coefficient (Wildman–Crippen LogP) is 3.42. The first-order valence-electron chi connectivity index (χ1n) is 5.88. The Morgan fingerprint density at radius 2 is 1.78 bits per heavy atom. The first-order chi connectivity index (χ1) is 8.66. The third-order valence-electron chi connectivity index (χ3n) is 2.76. The zero-order chi connectivity index (χ0) is 13.0. The number of rotatable bonds is 4. The summed E-state index contributed by atoms with van der Waals surface area (Å²) in [4.78, 5) is 0. The molecule has 1 atom stereocenters. The van der Waals surface area contributed by atoms with E-state index in [1.165, 1.54) is 6.07 Å². The van der Waals surface area contributed by atoms with E-state index < -0.39 is 0 Å². The summed E-state index contributed by atoms with van der Waals surface area (Å²) in [5, 5.41) is 0. The minimum absolute atomic E-state index is 0.00520. The largest absolute Gasteiger partial charge is 0.489 e. The van der Waals surface area contributed by atoms with E-state index in [1.807, 2.05) is 31.2 Å². The number of halogens is 1. The summed E-state index contributed by atoms with van der Waals surface area (Å²) < 4.78 is 18.9. The number of hydrogen-bond acceptors (Lipinski definition) is 2. The molecule has 0 spiro atoms. The Hall–Kier alpha value is -1.87. The molecule has 1 unspecified atom stereocenters. The lowest BCUT2D eigenvalue weighted by Gasteiger charge is -2.09. The fourth-order valence-electron chi connectivity index (χ4n) is 1.64. The Labute approximate surface area is 106 Å². The smallest absolute Gasteiger partial charge is 0.129 e. The summed E-state index contributed by atoms with van der Waals surface area (Å²) in [6.07, 6.45) is 0. The van der Waals surface area contributed by atoms with Crippen molar-refractivity contribution in [3.05, 3.63) is 65.5 Å². The van der Waals surface area contributed by atoms with E-state index >= 15 is 0 Å². The molecule has 0 saturated heterocycles. The molecule has 2 aromatic carbocycles. The Morgan fingerprint density at radius 3 is 2.39 bits per heavy atom. The van der Waals surface area contributed by atoms with E-state index in [1.54, 1.807) is 18.2 Å². The minimum atomic E-state index is -0.246. The Balaban J connectivity index is 2.00. The van der Waals surface area contributed by atoms with Crippen LogP contribution in [0.25, 0.3) is 0 Å². The summed E-state index contributed by atoms with van der Waals surface area (Å²) in [6, 6.07) is 14.1. The molecule has 2 N–H and O–H groups in total. The third-order valence-corrected chi connectivity index (χ3v) is 2.76. The highest BCUT2D eigenvalue weighted by Crippen LogP contribution is 2.17. The lowest BCUT2D eigenvalue weighted by Crippen LogP contribution is -2.04. The second-order valence-electron chi connectivity index (χ2n) is 4.24. The average molecular weight is 245 g/mol. The SMILES string of the molecule is CC(N)c1ccc(OCc2ccccc2F)cc1. The van der Waals surface area contributed by atoms with Crippen LogP contribution in [-0.2, 0) is 6.61 Å². The normalized spacial score (nSPS) is 12.2. The Morgan fingerprint density at radius 1 is 1.11 bits per heavy atom. The van der Waals surface area contributed by atoms with Crippen molar-refractivity contribution in [1.29, 1.82) is 0 Å². The second kappa shape index (κ2) is 5.65. The van der Waals surface area contributed by atoms with Gasteiger partial charge in [0.2, 0.25) is 0 Å². The van der Waals surface area contributed by atoms with Crippen LogP contribution in [-0.4, -0.2) is 0 Å². The lowest BCUT2D eigenvalue weighted by molar-refractivity contribution is 0.299. The van der Waals surface area contributed by atoms with Gasteiger partial charge in [-0.05, 0) is 30.7 Å². The van der Waals surface area contributed by atoms with Crippen LogP contribution in [0.4, 0.5) is 4.39 Å². The summed E-state index contributed by atoms with van der Waals surface area (Å²) in [7, 11) is 0. The van der Waals surface area contributed by atoms with Crippen LogP contribution in [0, 0.1) is 5.82 Å². The maximum atomic E-state index is 13.4. The highest BCUT2D eigenvalue weighted by Gasteiger charge is 2.03. The highest BCUT2D eigenvalue weighted by molar-refractivity contribution is 5.29. The minimum Gasteiger partial charge on any atom is -0.489 e. The van der Waals surface area contributed by atoms with Gasteiger partial charge in [-0.2, -0.15) is 0 Å². The van der Waals surface area contributed by atoms with Crippen LogP contribution in [0.1, 0.15) is 24.1 Å². The second-order valence-corrected chi connectivity index (χ2v) is 4.24. The van der Waals surface area contributed by atoms with E-state index in [2.05, 4.69) is 0 Å². The first kappa shape index (κ1) is 12.6. The summed E-state index contributed by atoms with van der Waals surface area (Å²) in [5.41, 5.74) is 7.36. The van der Waals surface area contributed by atoms with Crippen molar-refractivity contribution in [1.82, 2.24) is 0 Å². The molecule has 0 heterocycles. The van der Waals surface area contributed by atoms with Gasteiger partial charge in [0, 0.05) is 11.6 Å². The van der Waals surface area contributed by atoms with Crippen molar-refractivity contribution in [2.75, 3.05) is 0 Å². The molecule has 2 aromatic rings. The van der Waals surface area contributed by atoms with Crippen LogP contribution in [0.3, 0.4) is 0 Å². The molecule has 0 aromatic heterocycles. The molecule has 0 radical (unpaired) electrons. The van der Waals surface area contributed by atoms with Gasteiger partial charge in [0.25, 0.3) is 0 Å². The topological polar surface area (TPSA) is 35.2 Å². The van der Waals surface area contributed by atoms with Gasteiger partial charge in [-0.25, -0.2) is 4.39 Å². The molecular weight excluding hydrogens is 229 g/mol. The molecule has 2 rings (SSSR count). The number of hydrogen-bond donors (Lipinski definition) is 1. The molecule has 94 valence electrons. The highest BCUT2D eigenvalue weighted by atomic mass is 19.1. The number of benzene rings is 2. The van der Waals surface area contributed by atoms with E-state index in [0.29, 0.717) is 11.3 Å². The molecule has 0 amide bonds. The van der Waals surface area contributed by atoms with Gasteiger partial charge in [0.05, 0.1) is 0 Å². The van der Waals surface area contributed by atoms with Crippen molar-refractivity contribution >= 4 is 0 Å². The van der Waals surface area contributed by atoms with Gasteiger partial charge in [-0.3, -0.25) is 0 Å². The molecule has 0 aliphatic heterocycles. The molecular formula is C15H16FNO. The van der Waals surface area contributed by atoms with Gasteiger partial charge in [0.15, 0.2) is 0 Å². The molecule has 2 nitrogen and oxygen atoms in total. The molecule has 3 heteroatoms. The Bertz CT molecular complexity index is 508. The van der Waals surface area contributed by atoms with Crippen LogP contribution < -0.4 is 10.5 Å². The monoisotopic (exact) mass is 245 g/mol. The maximum Gasteiger partial charge on any atom is 0.129 e. The fraction of sp³-hybridized carbons (Fsp3) is 0.200. The van der Waals surface area contributed by atoms with Crippen LogP contribution >= 0.6 is 0 Å². The third kappa shape index (κ3) is 3.08. The standard InChI is InChI=1S/C15H16FNO/c1-11(17)12-6-8-14(9-7-12)18-10-13-4-2-3-5-15(13)16/h2-9,11H,10,17H2,1H3. The van der Waals surface area contributed by atoms with E-state index in [4.69, 9.17) is 10.5 Å². The van der Waals surface area contributed by atoms with Gasteiger partial charge < -0.3 is 10.5 Å². The van der Waals surface area contributed by atoms with Crippen LogP contribution in [0.2, 0.25) is 0 Å². The van der Waals surface area contributed by atoms with E-state index in [0.717, 1.165) is 5.56 Å². The van der Waals surface area contributed by atoms with Crippen molar-refractivity contribution in [2.45, 2.75) is 19.6 Å². The maximum absolute atomic E-state index is 13.4. The lowest BCUT2D eigenvalue weighted by atomic mass is 10.1. The van der Waals surface area contributed by atoms with Crippen LogP contribution in [0.5, 0.6) is 5.75 Å². The van der Waals surface area contributed by atoms with Crippen molar-refractivity contribution in [2.24, 2.45) is 5.73 Å². The number of nitrogens with two attached hydrogens (primary N) is 1. The number of ether oxygens (including phenoxy) is 1. The van der Waals surface area contributed by atoms with Gasteiger partial charge in [-0.15, -0.1) is 0 Å². The van der Waals surface area contributed by atoms with Gasteiger partial charge >= 0.3 is 0 Å². The van der Waals surface area contributed by atoms with Crippen molar-refractivity contribution < 1.29 is 9.13 Å². The van der Waals surface area contributed by atoms with E-state index in [9.17, 15) is 4.39 Å².